The fourth-order valence-electron chi connectivity index (χ4n) is 2.68. The van der Waals surface area contributed by atoms with E-state index in [0.717, 1.165) is 0 Å². The van der Waals surface area contributed by atoms with Crippen LogP contribution in [0.2, 0.25) is 0 Å². The van der Waals surface area contributed by atoms with Crippen molar-refractivity contribution in [2.45, 2.75) is 13.0 Å². The van der Waals surface area contributed by atoms with Crippen LogP contribution in [0.15, 0.2) is 59.1 Å². The van der Waals surface area contributed by atoms with E-state index in [9.17, 15) is 19.2 Å². The van der Waals surface area contributed by atoms with Crippen LogP contribution < -0.4 is 11.3 Å². The van der Waals surface area contributed by atoms with Gasteiger partial charge in [0.2, 0.25) is 0 Å². The molecule has 2 aromatic rings. The first-order valence-corrected chi connectivity index (χ1v) is 8.05. The number of carboxylic acid groups (broad SMARTS) is 3. The number of H-pyrrole nitrogens is 1. The number of nitrogens with one attached hydrogen (secondary N) is 1. The summed E-state index contributed by atoms with van der Waals surface area (Å²) in [4.78, 5) is 46.1. The van der Waals surface area contributed by atoms with Crippen molar-refractivity contribution in [2.75, 3.05) is 0 Å². The minimum absolute atomic E-state index is 0.0857. The number of nitrogens with two attached hydrogens (primary N) is 1. The van der Waals surface area contributed by atoms with Gasteiger partial charge >= 0.3 is 17.9 Å². The number of pyridine rings is 1. The van der Waals surface area contributed by atoms with Crippen molar-refractivity contribution in [3.05, 3.63) is 70.2 Å². The van der Waals surface area contributed by atoms with Crippen LogP contribution in [0.25, 0.3) is 10.8 Å². The number of aliphatic carboxylic acids is 2. The van der Waals surface area contributed by atoms with Gasteiger partial charge in [-0.1, -0.05) is 36.4 Å². The van der Waals surface area contributed by atoms with E-state index in [2.05, 4.69) is 4.98 Å². The lowest BCUT2D eigenvalue weighted by atomic mass is 9.76. The Balaban J connectivity index is 0.000000200. The van der Waals surface area contributed by atoms with Crippen LogP contribution in [-0.4, -0.2) is 44.3 Å². The van der Waals surface area contributed by atoms with Gasteiger partial charge in [0.1, 0.15) is 5.41 Å². The fourth-order valence-corrected chi connectivity index (χ4v) is 2.68. The van der Waals surface area contributed by atoms with Gasteiger partial charge in [-0.2, -0.15) is 0 Å². The summed E-state index contributed by atoms with van der Waals surface area (Å²) in [6.07, 6.45) is 5.33. The lowest BCUT2D eigenvalue weighted by Crippen LogP contribution is -2.48. The number of rotatable bonds is 3. The van der Waals surface area contributed by atoms with E-state index in [4.69, 9.17) is 21.1 Å². The second-order valence-corrected chi connectivity index (χ2v) is 6.23. The maximum absolute atomic E-state index is 11.3. The maximum atomic E-state index is 11.3. The summed E-state index contributed by atoms with van der Waals surface area (Å²) >= 11 is 0. The Morgan fingerprint density at radius 2 is 1.68 bits per heavy atom. The van der Waals surface area contributed by atoms with E-state index in [1.165, 1.54) is 31.3 Å². The largest absolute Gasteiger partial charge is 0.481 e. The Hall–Kier alpha value is -3.72. The van der Waals surface area contributed by atoms with Crippen molar-refractivity contribution in [2.24, 2.45) is 11.1 Å². The molecule has 6 N–H and O–H groups in total. The van der Waals surface area contributed by atoms with Gasteiger partial charge in [-0.3, -0.25) is 9.59 Å². The predicted octanol–water partition coefficient (Wildman–Crippen LogP) is 1.21. The van der Waals surface area contributed by atoms with Crippen LogP contribution in [0.4, 0.5) is 0 Å². The highest BCUT2D eigenvalue weighted by Crippen LogP contribution is 2.30. The quantitative estimate of drug-likeness (QED) is 0.524. The zero-order chi connectivity index (χ0) is 21.1. The van der Waals surface area contributed by atoms with Gasteiger partial charge in [0.25, 0.3) is 5.56 Å². The smallest absolute Gasteiger partial charge is 0.337 e. The van der Waals surface area contributed by atoms with Crippen LogP contribution in [-0.2, 0) is 9.59 Å². The van der Waals surface area contributed by atoms with Crippen molar-refractivity contribution in [1.82, 2.24) is 4.98 Å². The molecule has 146 valence electrons. The first-order valence-electron chi connectivity index (χ1n) is 8.05. The molecule has 0 fully saturated rings. The second kappa shape index (κ2) is 7.89. The molecule has 2 atom stereocenters. The van der Waals surface area contributed by atoms with Crippen LogP contribution in [0, 0.1) is 5.41 Å². The lowest BCUT2D eigenvalue weighted by Gasteiger charge is -2.30. The first kappa shape index (κ1) is 20.6. The van der Waals surface area contributed by atoms with E-state index in [1.54, 1.807) is 24.3 Å². The average Bonchev–Trinajstić information content (AvgIpc) is 2.64. The molecule has 0 saturated carbocycles. The van der Waals surface area contributed by atoms with E-state index in [0.29, 0.717) is 10.8 Å². The Morgan fingerprint density at radius 3 is 2.21 bits per heavy atom. The molecule has 0 amide bonds. The van der Waals surface area contributed by atoms with Gasteiger partial charge in [-0.05, 0) is 13.0 Å². The van der Waals surface area contributed by atoms with Crippen LogP contribution >= 0.6 is 0 Å². The summed E-state index contributed by atoms with van der Waals surface area (Å²) in [6.45, 7) is 1.40. The predicted molar refractivity (Wildman–Crippen MR) is 100 cm³/mol. The summed E-state index contributed by atoms with van der Waals surface area (Å²) in [5.41, 5.74) is 3.99. The molecular formula is C19H18N2O7. The van der Waals surface area contributed by atoms with Crippen molar-refractivity contribution in [3.8, 4) is 0 Å². The molecule has 0 saturated heterocycles. The molecule has 1 heterocycles. The maximum Gasteiger partial charge on any atom is 0.337 e. The summed E-state index contributed by atoms with van der Waals surface area (Å²) in [7, 11) is 0. The molecule has 3 rings (SSSR count). The Morgan fingerprint density at radius 1 is 1.07 bits per heavy atom. The molecule has 1 aliphatic rings. The third kappa shape index (κ3) is 3.84. The van der Waals surface area contributed by atoms with Gasteiger partial charge in [-0.15, -0.1) is 0 Å². The van der Waals surface area contributed by atoms with Crippen molar-refractivity contribution in [1.29, 1.82) is 0 Å². The molecule has 1 aliphatic carbocycles. The van der Waals surface area contributed by atoms with Gasteiger partial charge in [0.15, 0.2) is 0 Å². The third-order valence-corrected chi connectivity index (χ3v) is 4.45. The van der Waals surface area contributed by atoms with Crippen molar-refractivity contribution < 1.29 is 29.7 Å². The number of aromatic nitrogens is 1. The summed E-state index contributed by atoms with van der Waals surface area (Å²) < 4.78 is 0. The SMILES string of the molecule is CC1(C(=O)O)C=CC=C(C(=O)O)C1N.O=C(O)c1c[nH]c(=O)c2ccccc12. The van der Waals surface area contributed by atoms with E-state index >= 15 is 0 Å². The lowest BCUT2D eigenvalue weighted by molar-refractivity contribution is -0.146. The van der Waals surface area contributed by atoms with Gasteiger partial charge in [0, 0.05) is 17.0 Å². The summed E-state index contributed by atoms with van der Waals surface area (Å²) in [6, 6.07) is 5.59. The highest BCUT2D eigenvalue weighted by atomic mass is 16.4. The monoisotopic (exact) mass is 386 g/mol. The highest BCUT2D eigenvalue weighted by Gasteiger charge is 2.42. The normalized spacial score (nSPS) is 20.6. The first-order chi connectivity index (χ1) is 13.1. The number of benzene rings is 1. The van der Waals surface area contributed by atoms with Crippen molar-refractivity contribution >= 4 is 28.7 Å². The van der Waals surface area contributed by atoms with Crippen LogP contribution in [0.3, 0.4) is 0 Å². The Kier molecular flexibility index (Phi) is 5.80. The number of carbonyl (C=O) groups is 3. The molecular weight excluding hydrogens is 368 g/mol. The zero-order valence-corrected chi connectivity index (χ0v) is 14.7. The van der Waals surface area contributed by atoms with Gasteiger partial charge < -0.3 is 26.0 Å². The van der Waals surface area contributed by atoms with Gasteiger partial charge in [0.05, 0.1) is 17.2 Å². The number of aromatic carboxylic acids is 1. The average molecular weight is 386 g/mol. The minimum Gasteiger partial charge on any atom is -0.481 e. The molecule has 0 aliphatic heterocycles. The number of fused-ring (bicyclic) bond motifs is 1. The number of carboxylic acids is 3. The summed E-state index contributed by atoms with van der Waals surface area (Å²) in [5, 5.41) is 27.4. The third-order valence-electron chi connectivity index (χ3n) is 4.45. The van der Waals surface area contributed by atoms with Crippen LogP contribution in [0.1, 0.15) is 17.3 Å². The second-order valence-electron chi connectivity index (χ2n) is 6.23. The molecule has 0 bridgehead atoms. The molecule has 2 unspecified atom stereocenters. The fraction of sp³-hybridized carbons (Fsp3) is 0.158. The number of allylic oxidation sites excluding steroid dienone is 2. The van der Waals surface area contributed by atoms with E-state index < -0.39 is 29.4 Å². The Bertz CT molecular complexity index is 1070. The summed E-state index contributed by atoms with van der Waals surface area (Å²) in [5.74, 6) is -3.36. The highest BCUT2D eigenvalue weighted by molar-refractivity contribution is 6.02. The van der Waals surface area contributed by atoms with E-state index in [1.807, 2.05) is 0 Å². The Labute approximate surface area is 158 Å². The number of aromatic amines is 1. The molecule has 0 spiro atoms. The molecule has 1 aromatic heterocycles. The topological polar surface area (TPSA) is 171 Å². The number of hydrogen-bond acceptors (Lipinski definition) is 5. The van der Waals surface area contributed by atoms with Crippen LogP contribution in [0.5, 0.6) is 0 Å². The zero-order valence-electron chi connectivity index (χ0n) is 14.7. The van der Waals surface area contributed by atoms with Gasteiger partial charge in [-0.25, -0.2) is 9.59 Å². The molecule has 0 radical (unpaired) electrons. The molecule has 1 aromatic carbocycles. The van der Waals surface area contributed by atoms with E-state index in [-0.39, 0.29) is 16.7 Å². The molecule has 28 heavy (non-hydrogen) atoms. The molecule has 9 nitrogen and oxygen atoms in total. The minimum atomic E-state index is -1.34. The standard InChI is InChI=1S/C10H7NO3.C9H11NO4/c12-9-7-4-2-1-3-6(7)8(5-11-9)10(13)14;1-9(8(13)14)4-2-3-5(6(9)10)7(11)12/h1-5H,(H,11,12)(H,13,14);2-4,6H,10H2,1H3,(H,11,12)(H,13,14). The molecule has 9 heteroatoms. The number of hydrogen-bond donors (Lipinski definition) is 5. The van der Waals surface area contributed by atoms with Crippen molar-refractivity contribution in [3.63, 3.8) is 0 Å².